The van der Waals surface area contributed by atoms with Crippen molar-refractivity contribution in [2.45, 2.75) is 13.5 Å². The summed E-state index contributed by atoms with van der Waals surface area (Å²) in [5.74, 6) is 0.945. The van der Waals surface area contributed by atoms with Crippen molar-refractivity contribution in [2.75, 3.05) is 35.8 Å². The Hall–Kier alpha value is -0.600. The van der Waals surface area contributed by atoms with Crippen molar-refractivity contribution < 1.29 is 4.74 Å². The third-order valence-electron chi connectivity index (χ3n) is 2.97. The average Bonchev–Trinajstić information content (AvgIpc) is 2.38. The van der Waals surface area contributed by atoms with E-state index in [1.807, 2.05) is 6.92 Å². The first kappa shape index (κ1) is 13.8. The number of rotatable bonds is 4. The van der Waals surface area contributed by atoms with Crippen LogP contribution in [-0.4, -0.2) is 35.8 Å². The molecule has 0 amide bonds. The maximum absolute atomic E-state index is 12.1. The molecule has 0 unspecified atom stereocenters. The van der Waals surface area contributed by atoms with Gasteiger partial charge >= 0.3 is 0 Å². The number of anilines is 1. The van der Waals surface area contributed by atoms with E-state index in [-0.39, 0.29) is 5.43 Å². The fourth-order valence-electron chi connectivity index (χ4n) is 2.10. The van der Waals surface area contributed by atoms with Crippen LogP contribution in [0.4, 0.5) is 5.82 Å². The summed E-state index contributed by atoms with van der Waals surface area (Å²) in [5, 5.41) is 3.21. The zero-order valence-electron chi connectivity index (χ0n) is 10.5. The number of alkyl halides is 1. The fourth-order valence-corrected chi connectivity index (χ4v) is 2.37. The van der Waals surface area contributed by atoms with Gasteiger partial charge in [-0.3, -0.25) is 4.79 Å². The minimum absolute atomic E-state index is 0.102. The molecule has 1 aliphatic heterocycles. The second kappa shape index (κ2) is 6.53. The zero-order chi connectivity index (χ0) is 13.0. The summed E-state index contributed by atoms with van der Waals surface area (Å²) >= 11 is 2.24. The summed E-state index contributed by atoms with van der Waals surface area (Å²) < 4.78 is 6.18. The molecule has 1 fully saturated rings. The predicted molar refractivity (Wildman–Crippen MR) is 80.6 cm³/mol. The van der Waals surface area contributed by atoms with Crippen LogP contribution in [-0.2, 0) is 11.3 Å². The van der Waals surface area contributed by atoms with Crippen LogP contribution in [0.1, 0.15) is 11.3 Å². The van der Waals surface area contributed by atoms with E-state index in [4.69, 9.17) is 4.74 Å². The molecule has 1 aromatic heterocycles. The molecule has 2 N–H and O–H groups in total. The Kier molecular flexibility index (Phi) is 5.02. The monoisotopic (exact) mass is 363 g/mol. The first-order valence-corrected chi connectivity index (χ1v) is 7.57. The van der Waals surface area contributed by atoms with Gasteiger partial charge in [0.1, 0.15) is 5.82 Å². The number of aromatic amines is 1. The average molecular weight is 363 g/mol. The third-order valence-corrected chi connectivity index (χ3v) is 3.51. The van der Waals surface area contributed by atoms with Gasteiger partial charge in [-0.05, 0) is 6.92 Å². The lowest BCUT2D eigenvalue weighted by atomic mass is 10.2. The number of ether oxygens (including phenoxy) is 1. The van der Waals surface area contributed by atoms with Crippen molar-refractivity contribution in [3.63, 3.8) is 0 Å². The largest absolute Gasteiger partial charge is 0.378 e. The SMILES string of the molecule is Cc1cc(=O)c(CNCI)c(N2CCOCC2)[nH]1. The number of halogens is 1. The summed E-state index contributed by atoms with van der Waals surface area (Å²) in [6.07, 6.45) is 0. The standard InChI is InChI=1S/C12H18IN3O2/c1-9-6-11(17)10(7-14-8-13)12(15-9)16-2-4-18-5-3-16/h6,14H,2-5,7-8H2,1H3,(H,15,17). The minimum Gasteiger partial charge on any atom is -0.378 e. The molecule has 0 bridgehead atoms. The predicted octanol–water partition coefficient (Wildman–Crippen LogP) is 1.00. The van der Waals surface area contributed by atoms with Crippen LogP contribution in [0.25, 0.3) is 0 Å². The Morgan fingerprint density at radius 3 is 2.89 bits per heavy atom. The highest BCUT2D eigenvalue weighted by Crippen LogP contribution is 2.16. The summed E-state index contributed by atoms with van der Waals surface area (Å²) in [6, 6.07) is 1.66. The first-order chi connectivity index (χ1) is 8.72. The van der Waals surface area contributed by atoms with Gasteiger partial charge in [0.15, 0.2) is 5.43 Å². The normalized spacial score (nSPS) is 16.0. The fraction of sp³-hybridized carbons (Fsp3) is 0.583. The molecule has 2 rings (SSSR count). The van der Waals surface area contributed by atoms with E-state index >= 15 is 0 Å². The van der Waals surface area contributed by atoms with Gasteiger partial charge in [-0.2, -0.15) is 0 Å². The van der Waals surface area contributed by atoms with Crippen LogP contribution in [0.5, 0.6) is 0 Å². The number of nitrogens with zero attached hydrogens (tertiary/aromatic N) is 1. The maximum atomic E-state index is 12.1. The van der Waals surface area contributed by atoms with Gasteiger partial charge in [-0.25, -0.2) is 0 Å². The zero-order valence-corrected chi connectivity index (χ0v) is 12.6. The highest BCUT2D eigenvalue weighted by Gasteiger charge is 2.17. The van der Waals surface area contributed by atoms with Gasteiger partial charge in [-0.1, -0.05) is 22.6 Å². The summed E-state index contributed by atoms with van der Waals surface area (Å²) in [6.45, 7) is 5.61. The smallest absolute Gasteiger partial charge is 0.188 e. The van der Waals surface area contributed by atoms with Gasteiger partial charge in [0, 0.05) is 35.9 Å². The lowest BCUT2D eigenvalue weighted by Gasteiger charge is -2.30. The van der Waals surface area contributed by atoms with Crippen molar-refractivity contribution in [1.29, 1.82) is 0 Å². The van der Waals surface area contributed by atoms with Crippen molar-refractivity contribution in [2.24, 2.45) is 0 Å². The Morgan fingerprint density at radius 1 is 1.50 bits per heavy atom. The van der Waals surface area contributed by atoms with Crippen molar-refractivity contribution in [3.05, 3.63) is 27.5 Å². The Labute approximate surface area is 120 Å². The Balaban J connectivity index is 2.32. The summed E-state index contributed by atoms with van der Waals surface area (Å²) in [5.41, 5.74) is 1.82. The Bertz CT molecular complexity index is 455. The topological polar surface area (TPSA) is 57.4 Å². The number of aromatic nitrogens is 1. The molecule has 6 heteroatoms. The lowest BCUT2D eigenvalue weighted by molar-refractivity contribution is 0.122. The molecular weight excluding hydrogens is 345 g/mol. The van der Waals surface area contributed by atoms with E-state index in [2.05, 4.69) is 37.8 Å². The minimum atomic E-state index is 0.102. The molecule has 0 atom stereocenters. The second-order valence-corrected chi connectivity index (χ2v) is 5.07. The highest BCUT2D eigenvalue weighted by atomic mass is 127. The molecule has 1 aromatic rings. The molecule has 0 spiro atoms. The number of nitrogens with one attached hydrogen (secondary N) is 2. The van der Waals surface area contributed by atoms with Gasteiger partial charge in [0.2, 0.25) is 0 Å². The molecule has 0 aromatic carbocycles. The first-order valence-electron chi connectivity index (χ1n) is 6.04. The quantitative estimate of drug-likeness (QED) is 0.476. The second-order valence-electron chi connectivity index (χ2n) is 4.30. The molecule has 1 aliphatic rings. The van der Waals surface area contributed by atoms with Crippen LogP contribution in [0, 0.1) is 6.92 Å². The number of hydrogen-bond donors (Lipinski definition) is 2. The van der Waals surface area contributed by atoms with Crippen molar-refractivity contribution >= 4 is 28.4 Å². The van der Waals surface area contributed by atoms with Crippen LogP contribution < -0.4 is 15.6 Å². The highest BCUT2D eigenvalue weighted by molar-refractivity contribution is 14.1. The molecule has 2 heterocycles. The molecule has 5 nitrogen and oxygen atoms in total. The molecule has 1 saturated heterocycles. The van der Waals surface area contributed by atoms with Crippen LogP contribution in [0.3, 0.4) is 0 Å². The van der Waals surface area contributed by atoms with Crippen LogP contribution >= 0.6 is 22.6 Å². The Morgan fingerprint density at radius 2 is 2.22 bits per heavy atom. The van der Waals surface area contributed by atoms with Crippen LogP contribution in [0.15, 0.2) is 10.9 Å². The van der Waals surface area contributed by atoms with Gasteiger partial charge in [0.25, 0.3) is 0 Å². The van der Waals surface area contributed by atoms with E-state index in [1.54, 1.807) is 6.07 Å². The van der Waals surface area contributed by atoms with Gasteiger partial charge < -0.3 is 19.9 Å². The molecule has 100 valence electrons. The molecule has 0 aliphatic carbocycles. The molecule has 18 heavy (non-hydrogen) atoms. The summed E-state index contributed by atoms with van der Waals surface area (Å²) in [4.78, 5) is 17.6. The third kappa shape index (κ3) is 3.24. The molecular formula is C12H18IN3O2. The number of H-pyrrole nitrogens is 1. The van der Waals surface area contributed by atoms with Gasteiger partial charge in [0.05, 0.1) is 18.8 Å². The van der Waals surface area contributed by atoms with E-state index in [0.29, 0.717) is 6.54 Å². The van der Waals surface area contributed by atoms with E-state index < -0.39 is 0 Å². The number of aryl methyl sites for hydroxylation is 1. The number of morpholine rings is 1. The van der Waals surface area contributed by atoms with E-state index in [0.717, 1.165) is 47.9 Å². The summed E-state index contributed by atoms with van der Waals surface area (Å²) in [7, 11) is 0. The van der Waals surface area contributed by atoms with E-state index in [9.17, 15) is 4.79 Å². The number of pyridine rings is 1. The molecule has 0 radical (unpaired) electrons. The van der Waals surface area contributed by atoms with E-state index in [1.165, 1.54) is 0 Å². The van der Waals surface area contributed by atoms with Crippen molar-refractivity contribution in [3.8, 4) is 0 Å². The van der Waals surface area contributed by atoms with Gasteiger partial charge in [-0.15, -0.1) is 0 Å². The number of hydrogen-bond acceptors (Lipinski definition) is 4. The maximum Gasteiger partial charge on any atom is 0.188 e. The lowest BCUT2D eigenvalue weighted by Crippen LogP contribution is -2.39. The van der Waals surface area contributed by atoms with Crippen LogP contribution in [0.2, 0.25) is 0 Å². The molecule has 0 saturated carbocycles. The van der Waals surface area contributed by atoms with Crippen molar-refractivity contribution in [1.82, 2.24) is 10.3 Å².